The number of aryl methyl sites for hydroxylation is 2. The highest BCUT2D eigenvalue weighted by Gasteiger charge is 2.09. The van der Waals surface area contributed by atoms with Crippen LogP contribution in [0.2, 0.25) is 0 Å². The number of aromatic nitrogens is 4. The van der Waals surface area contributed by atoms with Crippen LogP contribution in [-0.2, 0) is 13.5 Å². The van der Waals surface area contributed by atoms with E-state index >= 15 is 0 Å². The standard InChI is InChI=1S/C13H19N5/c1-10-7-14-16-13(11(10)2)17(3)6-5-12-8-15-18(4)9-12/h7-9H,5-6H2,1-4H3. The molecule has 0 saturated carbocycles. The SMILES string of the molecule is Cc1cnnc(N(C)CCc2cnn(C)c2)c1C. The summed E-state index contributed by atoms with van der Waals surface area (Å²) in [6, 6.07) is 0. The smallest absolute Gasteiger partial charge is 0.154 e. The summed E-state index contributed by atoms with van der Waals surface area (Å²) in [5.41, 5.74) is 3.61. The number of anilines is 1. The summed E-state index contributed by atoms with van der Waals surface area (Å²) in [5, 5.41) is 12.4. The summed E-state index contributed by atoms with van der Waals surface area (Å²) in [5.74, 6) is 0.957. The quantitative estimate of drug-likeness (QED) is 0.819. The number of hydrogen-bond acceptors (Lipinski definition) is 4. The molecule has 2 rings (SSSR count). The summed E-state index contributed by atoms with van der Waals surface area (Å²) in [6.07, 6.45) is 6.71. The number of likely N-dealkylation sites (N-methyl/N-ethyl adjacent to an activating group) is 1. The molecule has 5 heteroatoms. The van der Waals surface area contributed by atoms with Crippen LogP contribution in [0, 0.1) is 13.8 Å². The van der Waals surface area contributed by atoms with Gasteiger partial charge in [0.25, 0.3) is 0 Å². The highest BCUT2D eigenvalue weighted by molar-refractivity contribution is 5.47. The molecule has 18 heavy (non-hydrogen) atoms. The van der Waals surface area contributed by atoms with Gasteiger partial charge in [-0.2, -0.15) is 10.2 Å². The van der Waals surface area contributed by atoms with Gasteiger partial charge in [-0.25, -0.2) is 0 Å². The minimum atomic E-state index is 0.907. The maximum Gasteiger partial charge on any atom is 0.154 e. The third-order valence-electron chi connectivity index (χ3n) is 3.19. The van der Waals surface area contributed by atoms with Crippen LogP contribution >= 0.6 is 0 Å². The van der Waals surface area contributed by atoms with Crippen LogP contribution in [0.3, 0.4) is 0 Å². The minimum Gasteiger partial charge on any atom is -0.358 e. The lowest BCUT2D eigenvalue weighted by Crippen LogP contribution is -2.23. The lowest BCUT2D eigenvalue weighted by Gasteiger charge is -2.19. The molecule has 2 heterocycles. The number of rotatable bonds is 4. The molecule has 0 saturated heterocycles. The second-order valence-corrected chi connectivity index (χ2v) is 4.67. The van der Waals surface area contributed by atoms with Gasteiger partial charge in [-0.05, 0) is 37.0 Å². The normalized spacial score (nSPS) is 10.7. The van der Waals surface area contributed by atoms with Gasteiger partial charge in [0.2, 0.25) is 0 Å². The Morgan fingerprint density at radius 3 is 2.72 bits per heavy atom. The average Bonchev–Trinajstić information content (AvgIpc) is 2.76. The zero-order valence-electron chi connectivity index (χ0n) is 11.4. The van der Waals surface area contributed by atoms with E-state index in [9.17, 15) is 0 Å². The predicted molar refractivity (Wildman–Crippen MR) is 71.7 cm³/mol. The third kappa shape index (κ3) is 2.67. The van der Waals surface area contributed by atoms with E-state index < -0.39 is 0 Å². The van der Waals surface area contributed by atoms with Crippen LogP contribution in [-0.4, -0.2) is 33.6 Å². The highest BCUT2D eigenvalue weighted by atomic mass is 15.3. The first-order valence-electron chi connectivity index (χ1n) is 6.05. The lowest BCUT2D eigenvalue weighted by atomic mass is 10.2. The molecule has 0 aromatic carbocycles. The minimum absolute atomic E-state index is 0.907. The van der Waals surface area contributed by atoms with Crippen LogP contribution in [0.5, 0.6) is 0 Å². The van der Waals surface area contributed by atoms with Gasteiger partial charge in [-0.15, -0.1) is 5.10 Å². The molecule has 2 aromatic heterocycles. The van der Waals surface area contributed by atoms with E-state index in [1.165, 1.54) is 16.7 Å². The molecular formula is C13H19N5. The number of nitrogens with zero attached hydrogens (tertiary/aromatic N) is 5. The van der Waals surface area contributed by atoms with Crippen LogP contribution in [0.15, 0.2) is 18.6 Å². The van der Waals surface area contributed by atoms with E-state index in [0.717, 1.165) is 18.8 Å². The Balaban J connectivity index is 2.03. The Labute approximate surface area is 107 Å². The molecule has 0 N–H and O–H groups in total. The molecule has 0 aliphatic heterocycles. The molecule has 0 fully saturated rings. The van der Waals surface area contributed by atoms with Crippen LogP contribution in [0.4, 0.5) is 5.82 Å². The van der Waals surface area contributed by atoms with Crippen LogP contribution in [0.1, 0.15) is 16.7 Å². The van der Waals surface area contributed by atoms with Gasteiger partial charge in [-0.1, -0.05) is 0 Å². The molecule has 0 unspecified atom stereocenters. The van der Waals surface area contributed by atoms with Gasteiger partial charge < -0.3 is 4.90 Å². The van der Waals surface area contributed by atoms with Gasteiger partial charge in [-0.3, -0.25) is 4.68 Å². The van der Waals surface area contributed by atoms with Crippen molar-refractivity contribution >= 4 is 5.82 Å². The predicted octanol–water partition coefficient (Wildman–Crippen LogP) is 1.51. The van der Waals surface area contributed by atoms with E-state index in [1.54, 1.807) is 6.20 Å². The summed E-state index contributed by atoms with van der Waals surface area (Å²) >= 11 is 0. The van der Waals surface area contributed by atoms with E-state index in [4.69, 9.17) is 0 Å². The third-order valence-corrected chi connectivity index (χ3v) is 3.19. The van der Waals surface area contributed by atoms with Gasteiger partial charge in [0.15, 0.2) is 5.82 Å². The van der Waals surface area contributed by atoms with E-state index in [2.05, 4.69) is 34.0 Å². The molecule has 2 aromatic rings. The summed E-state index contributed by atoms with van der Waals surface area (Å²) in [7, 11) is 3.98. The van der Waals surface area contributed by atoms with Crippen molar-refractivity contribution in [3.8, 4) is 0 Å². The Morgan fingerprint density at radius 2 is 2.06 bits per heavy atom. The van der Waals surface area contributed by atoms with Crippen molar-refractivity contribution < 1.29 is 0 Å². The van der Waals surface area contributed by atoms with Crippen molar-refractivity contribution in [2.75, 3.05) is 18.5 Å². The molecular weight excluding hydrogens is 226 g/mol. The monoisotopic (exact) mass is 245 g/mol. The molecule has 0 atom stereocenters. The zero-order chi connectivity index (χ0) is 13.1. The average molecular weight is 245 g/mol. The molecule has 0 radical (unpaired) electrons. The Bertz CT molecular complexity index is 532. The first-order valence-corrected chi connectivity index (χ1v) is 6.05. The van der Waals surface area contributed by atoms with Crippen molar-refractivity contribution in [3.63, 3.8) is 0 Å². The second-order valence-electron chi connectivity index (χ2n) is 4.67. The van der Waals surface area contributed by atoms with Gasteiger partial charge in [0.1, 0.15) is 0 Å². The van der Waals surface area contributed by atoms with Gasteiger partial charge in [0.05, 0.1) is 12.4 Å². The van der Waals surface area contributed by atoms with Crippen molar-refractivity contribution in [2.24, 2.45) is 7.05 Å². The van der Waals surface area contributed by atoms with E-state index in [-0.39, 0.29) is 0 Å². The Morgan fingerprint density at radius 1 is 1.28 bits per heavy atom. The van der Waals surface area contributed by atoms with Crippen molar-refractivity contribution in [2.45, 2.75) is 20.3 Å². The van der Waals surface area contributed by atoms with Gasteiger partial charge >= 0.3 is 0 Å². The van der Waals surface area contributed by atoms with Crippen LogP contribution < -0.4 is 4.90 Å². The van der Waals surface area contributed by atoms with Crippen molar-refractivity contribution in [3.05, 3.63) is 35.3 Å². The molecule has 0 amide bonds. The fourth-order valence-corrected chi connectivity index (χ4v) is 1.88. The van der Waals surface area contributed by atoms with E-state index in [1.807, 2.05) is 31.2 Å². The zero-order valence-corrected chi connectivity index (χ0v) is 11.4. The Kier molecular flexibility index (Phi) is 3.60. The van der Waals surface area contributed by atoms with Crippen LogP contribution in [0.25, 0.3) is 0 Å². The maximum atomic E-state index is 4.21. The lowest BCUT2D eigenvalue weighted by molar-refractivity contribution is 0.766. The molecule has 0 aliphatic rings. The fourth-order valence-electron chi connectivity index (χ4n) is 1.88. The Hall–Kier alpha value is -1.91. The first kappa shape index (κ1) is 12.5. The van der Waals surface area contributed by atoms with Gasteiger partial charge in [0, 0.05) is 26.8 Å². The number of hydrogen-bond donors (Lipinski definition) is 0. The van der Waals surface area contributed by atoms with E-state index in [0.29, 0.717) is 0 Å². The fraction of sp³-hybridized carbons (Fsp3) is 0.462. The summed E-state index contributed by atoms with van der Waals surface area (Å²) in [6.45, 7) is 5.05. The first-order chi connectivity index (χ1) is 8.58. The summed E-state index contributed by atoms with van der Waals surface area (Å²) < 4.78 is 1.83. The summed E-state index contributed by atoms with van der Waals surface area (Å²) in [4.78, 5) is 2.14. The van der Waals surface area contributed by atoms with Crippen molar-refractivity contribution in [1.29, 1.82) is 0 Å². The highest BCUT2D eigenvalue weighted by Crippen LogP contribution is 2.17. The topological polar surface area (TPSA) is 46.8 Å². The molecule has 5 nitrogen and oxygen atoms in total. The maximum absolute atomic E-state index is 4.21. The molecule has 0 spiro atoms. The second kappa shape index (κ2) is 5.16. The molecule has 96 valence electrons. The van der Waals surface area contributed by atoms with Crippen molar-refractivity contribution in [1.82, 2.24) is 20.0 Å². The largest absolute Gasteiger partial charge is 0.358 e. The molecule has 0 bridgehead atoms. The molecule has 0 aliphatic carbocycles.